The summed E-state index contributed by atoms with van der Waals surface area (Å²) < 4.78 is 5.54. The Kier molecular flexibility index (Phi) is 9.40. The molecule has 0 radical (unpaired) electrons. The van der Waals surface area contributed by atoms with Crippen LogP contribution in [0.2, 0.25) is 0 Å². The number of hydrogen-bond donors (Lipinski definition) is 3. The number of hydrogen-bond acceptors (Lipinski definition) is 4. The molecule has 1 aromatic rings. The van der Waals surface area contributed by atoms with Crippen molar-refractivity contribution < 1.29 is 9.52 Å². The van der Waals surface area contributed by atoms with Crippen LogP contribution in [0.1, 0.15) is 50.7 Å². The molecule has 0 aromatic carbocycles. The van der Waals surface area contributed by atoms with E-state index in [0.717, 1.165) is 55.3 Å². The molecule has 1 aliphatic carbocycles. The summed E-state index contributed by atoms with van der Waals surface area (Å²) in [5, 5.41) is 17.4. The zero-order valence-electron chi connectivity index (χ0n) is 16.8. The third kappa shape index (κ3) is 6.74. The quantitative estimate of drug-likeness (QED) is 0.289. The molecular weight excluding hydrogens is 443 g/mol. The predicted molar refractivity (Wildman–Crippen MR) is 117 cm³/mol. The van der Waals surface area contributed by atoms with Crippen LogP contribution in [0.3, 0.4) is 0 Å². The molecule has 0 bridgehead atoms. The monoisotopic (exact) mass is 478 g/mol. The van der Waals surface area contributed by atoms with Gasteiger partial charge >= 0.3 is 0 Å². The Hall–Kier alpha value is -0.800. The van der Waals surface area contributed by atoms with Gasteiger partial charge in [0.1, 0.15) is 17.1 Å². The molecule has 1 atom stereocenters. The van der Waals surface area contributed by atoms with E-state index in [9.17, 15) is 5.11 Å². The van der Waals surface area contributed by atoms with E-state index in [1.54, 1.807) is 6.92 Å². The predicted octanol–water partition coefficient (Wildman–Crippen LogP) is 2.76. The fourth-order valence-electron chi connectivity index (χ4n) is 3.18. The Bertz CT molecular complexity index is 582. The van der Waals surface area contributed by atoms with Gasteiger partial charge in [-0.15, -0.1) is 24.0 Å². The summed E-state index contributed by atoms with van der Waals surface area (Å²) >= 11 is 0. The van der Waals surface area contributed by atoms with E-state index in [1.165, 1.54) is 12.8 Å². The molecule has 1 unspecified atom stereocenters. The standard InChI is InChI=1S/C19H34N4O2.HI/c1-6-20-18(21-10-11-23(7-2)16-8-9-16)22-13-19(5,24)17-12-14(3)25-15(17)4;/h12,16,24H,6-11,13H2,1-5H3,(H2,20,21,22);1H. The summed E-state index contributed by atoms with van der Waals surface area (Å²) in [6.45, 7) is 13.8. The number of rotatable bonds is 9. The molecular formula is C19H35IN4O2. The van der Waals surface area contributed by atoms with E-state index in [0.29, 0.717) is 0 Å². The van der Waals surface area contributed by atoms with Gasteiger partial charge in [-0.2, -0.15) is 0 Å². The fraction of sp³-hybridized carbons (Fsp3) is 0.737. The molecule has 0 saturated heterocycles. The lowest BCUT2D eigenvalue weighted by atomic mass is 9.96. The van der Waals surface area contributed by atoms with Gasteiger partial charge in [0.05, 0.1) is 6.54 Å². The molecule has 150 valence electrons. The molecule has 2 rings (SSSR count). The third-order valence-corrected chi connectivity index (χ3v) is 4.67. The molecule has 1 aliphatic rings. The summed E-state index contributed by atoms with van der Waals surface area (Å²) in [5.74, 6) is 2.30. The summed E-state index contributed by atoms with van der Waals surface area (Å²) in [4.78, 5) is 7.08. The Morgan fingerprint density at radius 1 is 1.35 bits per heavy atom. The van der Waals surface area contributed by atoms with Crippen molar-refractivity contribution in [2.24, 2.45) is 4.99 Å². The van der Waals surface area contributed by atoms with Crippen molar-refractivity contribution in [1.29, 1.82) is 0 Å². The topological polar surface area (TPSA) is 73.0 Å². The highest BCUT2D eigenvalue weighted by Gasteiger charge is 2.28. The third-order valence-electron chi connectivity index (χ3n) is 4.67. The lowest BCUT2D eigenvalue weighted by Crippen LogP contribution is -2.43. The van der Waals surface area contributed by atoms with Crippen molar-refractivity contribution in [2.75, 3.05) is 32.7 Å². The van der Waals surface area contributed by atoms with Gasteiger partial charge in [0.25, 0.3) is 0 Å². The van der Waals surface area contributed by atoms with E-state index in [4.69, 9.17) is 4.42 Å². The number of furan rings is 1. The molecule has 3 N–H and O–H groups in total. The zero-order valence-corrected chi connectivity index (χ0v) is 19.1. The lowest BCUT2D eigenvalue weighted by Gasteiger charge is -2.23. The van der Waals surface area contributed by atoms with Crippen molar-refractivity contribution in [1.82, 2.24) is 15.5 Å². The first-order chi connectivity index (χ1) is 11.9. The maximum Gasteiger partial charge on any atom is 0.191 e. The van der Waals surface area contributed by atoms with E-state index >= 15 is 0 Å². The van der Waals surface area contributed by atoms with Gasteiger partial charge in [0.2, 0.25) is 0 Å². The number of aryl methyl sites for hydroxylation is 2. The Morgan fingerprint density at radius 3 is 2.54 bits per heavy atom. The number of likely N-dealkylation sites (N-methyl/N-ethyl adjacent to an activating group) is 1. The first kappa shape index (κ1) is 23.2. The highest BCUT2D eigenvalue weighted by Crippen LogP contribution is 2.27. The number of nitrogens with zero attached hydrogens (tertiary/aromatic N) is 2. The Labute approximate surface area is 174 Å². The van der Waals surface area contributed by atoms with Crippen LogP contribution in [-0.2, 0) is 5.60 Å². The van der Waals surface area contributed by atoms with Gasteiger partial charge in [0, 0.05) is 31.2 Å². The summed E-state index contributed by atoms with van der Waals surface area (Å²) in [7, 11) is 0. The summed E-state index contributed by atoms with van der Waals surface area (Å²) in [5.41, 5.74) is -0.247. The van der Waals surface area contributed by atoms with Crippen LogP contribution in [0.4, 0.5) is 0 Å². The number of aliphatic hydroxyl groups is 1. The summed E-state index contributed by atoms with van der Waals surface area (Å²) in [6, 6.07) is 2.67. The Morgan fingerprint density at radius 2 is 2.04 bits per heavy atom. The molecule has 0 amide bonds. The number of nitrogens with one attached hydrogen (secondary N) is 2. The van der Waals surface area contributed by atoms with Crippen molar-refractivity contribution >= 4 is 29.9 Å². The van der Waals surface area contributed by atoms with Crippen LogP contribution in [-0.4, -0.2) is 54.7 Å². The number of halogens is 1. The van der Waals surface area contributed by atoms with Gasteiger partial charge in [-0.05, 0) is 53.1 Å². The second-order valence-electron chi connectivity index (χ2n) is 7.08. The minimum Gasteiger partial charge on any atom is -0.466 e. The molecule has 1 saturated carbocycles. The number of guanidine groups is 1. The van der Waals surface area contributed by atoms with Gasteiger partial charge in [-0.3, -0.25) is 4.90 Å². The van der Waals surface area contributed by atoms with Crippen LogP contribution in [0.5, 0.6) is 0 Å². The number of aliphatic imine (C=N–C) groups is 1. The maximum absolute atomic E-state index is 10.8. The van der Waals surface area contributed by atoms with Crippen molar-refractivity contribution in [3.63, 3.8) is 0 Å². The van der Waals surface area contributed by atoms with Gasteiger partial charge < -0.3 is 20.2 Å². The average Bonchev–Trinajstić information content (AvgIpc) is 3.33. The second-order valence-corrected chi connectivity index (χ2v) is 7.08. The van der Waals surface area contributed by atoms with E-state index in [2.05, 4.69) is 27.4 Å². The lowest BCUT2D eigenvalue weighted by molar-refractivity contribution is 0.0657. The Balaban J connectivity index is 0.00000338. The van der Waals surface area contributed by atoms with Crippen LogP contribution >= 0.6 is 24.0 Å². The van der Waals surface area contributed by atoms with Crippen LogP contribution in [0.25, 0.3) is 0 Å². The molecule has 6 nitrogen and oxygen atoms in total. The van der Waals surface area contributed by atoms with Crippen molar-refractivity contribution in [3.8, 4) is 0 Å². The van der Waals surface area contributed by atoms with Gasteiger partial charge in [-0.25, -0.2) is 4.99 Å². The van der Waals surface area contributed by atoms with E-state index in [1.807, 2.05) is 26.8 Å². The van der Waals surface area contributed by atoms with Gasteiger partial charge in [-0.1, -0.05) is 6.92 Å². The minimum absolute atomic E-state index is 0. The van der Waals surface area contributed by atoms with Crippen molar-refractivity contribution in [3.05, 3.63) is 23.2 Å². The first-order valence-electron chi connectivity index (χ1n) is 9.43. The molecule has 0 aliphatic heterocycles. The molecule has 1 heterocycles. The van der Waals surface area contributed by atoms with Gasteiger partial charge in [0.15, 0.2) is 5.96 Å². The fourth-order valence-corrected chi connectivity index (χ4v) is 3.18. The van der Waals surface area contributed by atoms with Crippen LogP contribution in [0, 0.1) is 13.8 Å². The van der Waals surface area contributed by atoms with Crippen LogP contribution < -0.4 is 10.6 Å². The zero-order chi connectivity index (χ0) is 18.4. The summed E-state index contributed by atoms with van der Waals surface area (Å²) in [6.07, 6.45) is 2.66. The minimum atomic E-state index is -1.05. The average molecular weight is 478 g/mol. The smallest absolute Gasteiger partial charge is 0.191 e. The molecule has 1 aromatic heterocycles. The highest BCUT2D eigenvalue weighted by atomic mass is 127. The SMILES string of the molecule is CCNC(=NCC(C)(O)c1cc(C)oc1C)NCCN(CC)C1CC1.I. The molecule has 0 spiro atoms. The molecule has 7 heteroatoms. The van der Waals surface area contributed by atoms with E-state index < -0.39 is 5.60 Å². The van der Waals surface area contributed by atoms with Crippen LogP contribution in [0.15, 0.2) is 15.5 Å². The second kappa shape index (κ2) is 10.5. The first-order valence-corrected chi connectivity index (χ1v) is 9.43. The van der Waals surface area contributed by atoms with E-state index in [-0.39, 0.29) is 30.5 Å². The molecule has 1 fully saturated rings. The normalized spacial score (nSPS) is 17.0. The molecule has 26 heavy (non-hydrogen) atoms. The van der Waals surface area contributed by atoms with Crippen molar-refractivity contribution in [2.45, 2.75) is 59.1 Å². The largest absolute Gasteiger partial charge is 0.466 e. The highest BCUT2D eigenvalue weighted by molar-refractivity contribution is 14.0. The maximum atomic E-state index is 10.8.